The molecule has 2 atom stereocenters. The molecule has 0 aliphatic heterocycles. The van der Waals surface area contributed by atoms with Crippen LogP contribution in [0.25, 0.3) is 0 Å². The zero-order valence-electron chi connectivity index (χ0n) is 24.9. The van der Waals surface area contributed by atoms with Crippen molar-refractivity contribution in [3.63, 3.8) is 0 Å². The largest absolute Gasteiger partial charge is 0.489 e. The second-order valence-electron chi connectivity index (χ2n) is 11.8. The number of carbonyl (C=O) groups is 3. The number of nitrogens with one attached hydrogen (secondary N) is 2. The van der Waals surface area contributed by atoms with Crippen molar-refractivity contribution in [3.8, 4) is 5.75 Å². The summed E-state index contributed by atoms with van der Waals surface area (Å²) in [7, 11) is -0.261. The van der Waals surface area contributed by atoms with Crippen molar-refractivity contribution < 1.29 is 33.3 Å². The maximum absolute atomic E-state index is 13.2. The van der Waals surface area contributed by atoms with E-state index in [-0.39, 0.29) is 18.0 Å². The lowest BCUT2D eigenvalue weighted by atomic mass is 10.1. The minimum atomic E-state index is -1.44. The molecule has 0 unspecified atom stereocenters. The topological polar surface area (TPSA) is 112 Å². The Balaban J connectivity index is 2.16. The highest BCUT2D eigenvalue weighted by atomic mass is 32.1. The minimum Gasteiger partial charge on any atom is -0.489 e. The van der Waals surface area contributed by atoms with Crippen LogP contribution in [-0.4, -0.2) is 62.5 Å². The molecule has 0 heterocycles. The number of alkyl carbamates (subject to hydrolysis) is 1. The molecule has 0 spiro atoms. The van der Waals surface area contributed by atoms with Gasteiger partial charge in [0.05, 0.1) is 13.7 Å². The summed E-state index contributed by atoms with van der Waals surface area (Å²) in [5, 5.41) is 5.35. The molecular formula is C30H42N2O7SSi. The van der Waals surface area contributed by atoms with Crippen LogP contribution in [0.15, 0.2) is 54.6 Å². The number of hydrogen-bond acceptors (Lipinski definition) is 8. The van der Waals surface area contributed by atoms with Gasteiger partial charge in [-0.3, -0.25) is 0 Å². The molecule has 0 aliphatic carbocycles. The minimum absolute atomic E-state index is 0.0994. The molecule has 0 aromatic heterocycles. The molecule has 2 aromatic carbocycles. The summed E-state index contributed by atoms with van der Waals surface area (Å²) >= 11 is 5.46. The van der Waals surface area contributed by atoms with Crippen LogP contribution in [0.4, 0.5) is 4.79 Å². The van der Waals surface area contributed by atoms with Crippen molar-refractivity contribution in [2.75, 3.05) is 13.7 Å². The number of amides is 1. The highest BCUT2D eigenvalue weighted by molar-refractivity contribution is 7.80. The van der Waals surface area contributed by atoms with Gasteiger partial charge < -0.3 is 29.6 Å². The summed E-state index contributed by atoms with van der Waals surface area (Å²) in [4.78, 5) is 38.0. The number of esters is 2. The van der Waals surface area contributed by atoms with Gasteiger partial charge in [-0.05, 0) is 50.1 Å². The first-order valence-corrected chi connectivity index (χ1v) is 17.6. The van der Waals surface area contributed by atoms with Crippen molar-refractivity contribution in [1.29, 1.82) is 0 Å². The van der Waals surface area contributed by atoms with E-state index in [9.17, 15) is 14.4 Å². The Hall–Kier alpha value is -3.44. The van der Waals surface area contributed by atoms with Crippen LogP contribution < -0.4 is 15.4 Å². The molecule has 2 rings (SSSR count). The second-order valence-corrected chi connectivity index (χ2v) is 17.8. The summed E-state index contributed by atoms with van der Waals surface area (Å²) in [6.07, 6.45) is -0.636. The number of carbonyl (C=O) groups excluding carboxylic acids is 3. The third kappa shape index (κ3) is 13.2. The molecule has 2 aromatic rings. The second kappa shape index (κ2) is 15.5. The van der Waals surface area contributed by atoms with Gasteiger partial charge in [0.2, 0.25) is 0 Å². The Morgan fingerprint density at radius 3 is 2.10 bits per heavy atom. The van der Waals surface area contributed by atoms with E-state index in [1.807, 2.05) is 54.6 Å². The van der Waals surface area contributed by atoms with E-state index in [4.69, 9.17) is 31.2 Å². The van der Waals surface area contributed by atoms with Gasteiger partial charge in [0.15, 0.2) is 6.04 Å². The Morgan fingerprint density at radius 1 is 0.902 bits per heavy atom. The number of thiocarbonyl (C=S) groups is 1. The van der Waals surface area contributed by atoms with Crippen molar-refractivity contribution in [3.05, 3.63) is 65.7 Å². The zero-order valence-corrected chi connectivity index (χ0v) is 26.8. The molecule has 0 fully saturated rings. The highest BCUT2D eigenvalue weighted by Crippen LogP contribution is 2.17. The fourth-order valence-corrected chi connectivity index (χ4v) is 4.49. The number of ether oxygens (including phenoxy) is 4. The SMILES string of the molecule is COC(=O)[C@H](NC(=O)OC(C)(C)C)C(=S)N[C@@H](Cc1ccc(OCc2ccccc2)cc1)C(=O)OCC[Si](C)(C)C. The summed E-state index contributed by atoms with van der Waals surface area (Å²) < 4.78 is 21.6. The average Bonchev–Trinajstić information content (AvgIpc) is 2.89. The van der Waals surface area contributed by atoms with Gasteiger partial charge in [0.1, 0.15) is 29.0 Å². The average molecular weight is 603 g/mol. The van der Waals surface area contributed by atoms with Gasteiger partial charge in [-0.1, -0.05) is 74.3 Å². The van der Waals surface area contributed by atoms with Crippen LogP contribution in [0.3, 0.4) is 0 Å². The summed E-state index contributed by atoms with van der Waals surface area (Å²) in [5.41, 5.74) is 1.07. The Morgan fingerprint density at radius 2 is 1.54 bits per heavy atom. The molecule has 2 N–H and O–H groups in total. The van der Waals surface area contributed by atoms with Crippen LogP contribution >= 0.6 is 12.2 Å². The number of rotatable bonds is 13. The molecular weight excluding hydrogens is 560 g/mol. The first-order chi connectivity index (χ1) is 19.2. The molecule has 1 amide bonds. The number of methoxy groups -OCH3 is 1. The van der Waals surface area contributed by atoms with Crippen molar-refractivity contribution >= 4 is 43.3 Å². The molecule has 11 heteroatoms. The monoisotopic (exact) mass is 602 g/mol. The lowest BCUT2D eigenvalue weighted by Crippen LogP contribution is -2.55. The lowest BCUT2D eigenvalue weighted by Gasteiger charge is -2.25. The summed E-state index contributed by atoms with van der Waals surface area (Å²) in [5.74, 6) is -0.641. The Bertz CT molecular complexity index is 1160. The van der Waals surface area contributed by atoms with Crippen molar-refractivity contribution in [1.82, 2.24) is 10.6 Å². The molecule has 0 saturated heterocycles. The normalized spacial score (nSPS) is 12.9. The predicted molar refractivity (Wildman–Crippen MR) is 165 cm³/mol. The molecule has 0 radical (unpaired) electrons. The van der Waals surface area contributed by atoms with E-state index >= 15 is 0 Å². The smallest absolute Gasteiger partial charge is 0.408 e. The fraction of sp³-hybridized carbons (Fsp3) is 0.467. The number of hydrogen-bond donors (Lipinski definition) is 2. The van der Waals surface area contributed by atoms with Crippen LogP contribution in [0.5, 0.6) is 5.75 Å². The van der Waals surface area contributed by atoms with Gasteiger partial charge in [-0.15, -0.1) is 0 Å². The number of benzene rings is 2. The van der Waals surface area contributed by atoms with Gasteiger partial charge in [0, 0.05) is 14.5 Å². The molecule has 0 saturated carbocycles. The van der Waals surface area contributed by atoms with Gasteiger partial charge >= 0.3 is 18.0 Å². The third-order valence-corrected chi connectivity index (χ3v) is 7.73. The molecule has 0 aliphatic rings. The summed E-state index contributed by atoms with van der Waals surface area (Å²) in [6.45, 7) is 12.4. The van der Waals surface area contributed by atoms with Gasteiger partial charge in [-0.25, -0.2) is 14.4 Å². The van der Waals surface area contributed by atoms with E-state index in [1.165, 1.54) is 7.11 Å². The van der Waals surface area contributed by atoms with Crippen molar-refractivity contribution in [2.24, 2.45) is 0 Å². The predicted octanol–water partition coefficient (Wildman–Crippen LogP) is 5.04. The maximum atomic E-state index is 13.2. The third-order valence-electron chi connectivity index (χ3n) is 5.67. The van der Waals surface area contributed by atoms with E-state index in [0.29, 0.717) is 12.4 Å². The standard InChI is InChI=1S/C30H42N2O7SSi/c1-30(2,3)39-29(35)32-25(28(34)36-4)26(40)31-24(27(33)37-17-18-41(5,6)7)19-21-13-15-23(16-14-21)38-20-22-11-9-8-10-12-22/h8-16,24-25H,17-20H2,1-7H3,(H,31,40)(H,32,35)/t24-,25+/m0/s1. The molecule has 0 bridgehead atoms. The maximum Gasteiger partial charge on any atom is 0.408 e. The van der Waals surface area contributed by atoms with E-state index in [2.05, 4.69) is 30.3 Å². The Kier molecular flexibility index (Phi) is 12.8. The first-order valence-electron chi connectivity index (χ1n) is 13.5. The Labute approximate surface area is 249 Å². The quantitative estimate of drug-likeness (QED) is 0.141. The van der Waals surface area contributed by atoms with Crippen LogP contribution in [-0.2, 0) is 36.8 Å². The van der Waals surface area contributed by atoms with Crippen LogP contribution in [0.1, 0.15) is 31.9 Å². The van der Waals surface area contributed by atoms with E-state index in [0.717, 1.165) is 17.2 Å². The summed E-state index contributed by atoms with van der Waals surface area (Å²) in [6, 6.07) is 15.7. The molecule has 41 heavy (non-hydrogen) atoms. The highest BCUT2D eigenvalue weighted by Gasteiger charge is 2.32. The lowest BCUT2D eigenvalue weighted by molar-refractivity contribution is -0.145. The van der Waals surface area contributed by atoms with Crippen LogP contribution in [0, 0.1) is 0 Å². The first kappa shape index (κ1) is 33.8. The molecule has 9 nitrogen and oxygen atoms in total. The molecule has 224 valence electrons. The van der Waals surface area contributed by atoms with E-state index in [1.54, 1.807) is 20.8 Å². The fourth-order valence-electron chi connectivity index (χ4n) is 3.48. The van der Waals surface area contributed by atoms with Gasteiger partial charge in [0.25, 0.3) is 0 Å². The zero-order chi connectivity index (χ0) is 30.6. The van der Waals surface area contributed by atoms with E-state index < -0.39 is 43.8 Å². The van der Waals surface area contributed by atoms with Crippen molar-refractivity contribution in [2.45, 2.75) is 77.2 Å². The van der Waals surface area contributed by atoms with Gasteiger partial charge in [-0.2, -0.15) is 0 Å². The van der Waals surface area contributed by atoms with Crippen LogP contribution in [0.2, 0.25) is 25.7 Å².